The third kappa shape index (κ3) is 17.7. The Morgan fingerprint density at radius 3 is 1.68 bits per heavy atom. The van der Waals surface area contributed by atoms with E-state index >= 15 is 0 Å². The Balaban J connectivity index is 1.10. The van der Waals surface area contributed by atoms with Crippen molar-refractivity contribution in [3.05, 3.63) is 103 Å². The Bertz CT molecular complexity index is 1390. The third-order valence-corrected chi connectivity index (χ3v) is 9.05. The molecule has 0 radical (unpaired) electrons. The molecule has 0 atom stereocenters. The van der Waals surface area contributed by atoms with Gasteiger partial charge in [0.2, 0.25) is 0 Å². The fourth-order valence-corrected chi connectivity index (χ4v) is 6.01. The fraction of sp³-hybridized carbons (Fsp3) is 0.500. The van der Waals surface area contributed by atoms with Gasteiger partial charge in [-0.05, 0) is 75.5 Å². The molecule has 3 rings (SSSR count). The van der Waals surface area contributed by atoms with E-state index in [1.165, 1.54) is 76.2 Å². The van der Waals surface area contributed by atoms with Gasteiger partial charge in [0.15, 0.2) is 0 Å². The van der Waals surface area contributed by atoms with E-state index in [1.807, 2.05) is 6.07 Å². The van der Waals surface area contributed by atoms with Crippen LogP contribution in [0.15, 0.2) is 97.1 Å². The SMILES string of the molecule is C=C(CC/C=C\CCCC/C=C/c1ccccc1)C(=O)OCCCCCCCCCCCOc1cccc2c(OCCCCCC)cccc12. The highest BCUT2D eigenvalue weighted by Gasteiger charge is 2.08. The molecule has 0 heterocycles. The molecule has 0 bridgehead atoms. The zero-order chi connectivity index (χ0) is 35.3. The first kappa shape index (κ1) is 40.6. The summed E-state index contributed by atoms with van der Waals surface area (Å²) in [5, 5.41) is 2.26. The second-order valence-electron chi connectivity index (χ2n) is 13.4. The van der Waals surface area contributed by atoms with Gasteiger partial charge in [0.25, 0.3) is 0 Å². The minimum Gasteiger partial charge on any atom is -0.493 e. The van der Waals surface area contributed by atoms with Crippen molar-refractivity contribution in [3.8, 4) is 11.5 Å². The van der Waals surface area contributed by atoms with Crippen LogP contribution in [0.1, 0.15) is 134 Å². The first-order valence-electron chi connectivity index (χ1n) is 19.7. The summed E-state index contributed by atoms with van der Waals surface area (Å²) < 4.78 is 17.8. The molecule has 0 unspecified atom stereocenters. The van der Waals surface area contributed by atoms with Crippen molar-refractivity contribution in [3.63, 3.8) is 0 Å². The van der Waals surface area contributed by atoms with Gasteiger partial charge in [-0.2, -0.15) is 0 Å². The molecule has 3 aromatic rings. The largest absolute Gasteiger partial charge is 0.493 e. The van der Waals surface area contributed by atoms with Crippen molar-refractivity contribution in [2.24, 2.45) is 0 Å². The maximum absolute atomic E-state index is 12.2. The second-order valence-corrected chi connectivity index (χ2v) is 13.4. The number of carbonyl (C=O) groups is 1. The Morgan fingerprint density at radius 2 is 1.08 bits per heavy atom. The topological polar surface area (TPSA) is 44.8 Å². The quantitative estimate of drug-likeness (QED) is 0.0317. The summed E-state index contributed by atoms with van der Waals surface area (Å²) in [5.74, 6) is 1.67. The van der Waals surface area contributed by atoms with Crippen LogP contribution in [0.25, 0.3) is 16.8 Å². The zero-order valence-corrected chi connectivity index (χ0v) is 31.1. The summed E-state index contributed by atoms with van der Waals surface area (Å²) in [5.41, 5.74) is 1.84. The van der Waals surface area contributed by atoms with Crippen molar-refractivity contribution in [1.82, 2.24) is 0 Å². The van der Waals surface area contributed by atoms with Crippen LogP contribution >= 0.6 is 0 Å². The molecule has 0 aliphatic carbocycles. The zero-order valence-electron chi connectivity index (χ0n) is 31.1. The normalized spacial score (nSPS) is 11.5. The van der Waals surface area contributed by atoms with E-state index in [0.29, 0.717) is 18.6 Å². The van der Waals surface area contributed by atoms with Gasteiger partial charge in [-0.3, -0.25) is 0 Å². The summed E-state index contributed by atoms with van der Waals surface area (Å²) in [6.07, 6.45) is 30.2. The van der Waals surface area contributed by atoms with Gasteiger partial charge in [0, 0.05) is 16.3 Å². The molecule has 0 saturated heterocycles. The average Bonchev–Trinajstić information content (AvgIpc) is 3.14. The van der Waals surface area contributed by atoms with Crippen LogP contribution < -0.4 is 9.47 Å². The number of esters is 1. The van der Waals surface area contributed by atoms with E-state index in [9.17, 15) is 4.79 Å². The first-order chi connectivity index (χ1) is 24.7. The number of allylic oxidation sites excluding steroid dienone is 3. The van der Waals surface area contributed by atoms with E-state index in [4.69, 9.17) is 14.2 Å². The molecule has 4 heteroatoms. The molecule has 0 saturated carbocycles. The number of ether oxygens (including phenoxy) is 3. The molecular weight excluding hydrogens is 617 g/mol. The van der Waals surface area contributed by atoms with Gasteiger partial charge in [-0.15, -0.1) is 0 Å². The van der Waals surface area contributed by atoms with E-state index in [1.54, 1.807) is 0 Å². The summed E-state index contributed by atoms with van der Waals surface area (Å²) in [6.45, 7) is 8.19. The van der Waals surface area contributed by atoms with Crippen molar-refractivity contribution in [2.45, 2.75) is 129 Å². The van der Waals surface area contributed by atoms with Crippen LogP contribution in [0, 0.1) is 0 Å². The average molecular weight is 681 g/mol. The van der Waals surface area contributed by atoms with Crippen LogP contribution in [0.5, 0.6) is 11.5 Å². The molecule has 0 fully saturated rings. The molecule has 272 valence electrons. The number of carbonyl (C=O) groups excluding carboxylic acids is 1. The van der Waals surface area contributed by atoms with Gasteiger partial charge in [0.05, 0.1) is 19.8 Å². The highest BCUT2D eigenvalue weighted by Crippen LogP contribution is 2.32. The van der Waals surface area contributed by atoms with Crippen molar-refractivity contribution >= 4 is 22.8 Å². The van der Waals surface area contributed by atoms with Crippen molar-refractivity contribution in [1.29, 1.82) is 0 Å². The minimum atomic E-state index is -0.236. The summed E-state index contributed by atoms with van der Waals surface area (Å²) >= 11 is 0. The van der Waals surface area contributed by atoms with Crippen LogP contribution in [0.4, 0.5) is 0 Å². The Morgan fingerprint density at radius 1 is 0.560 bits per heavy atom. The minimum absolute atomic E-state index is 0.236. The molecule has 50 heavy (non-hydrogen) atoms. The molecule has 0 aliphatic rings. The molecule has 0 N–H and O–H groups in total. The van der Waals surface area contributed by atoms with Crippen LogP contribution in [0.2, 0.25) is 0 Å². The summed E-state index contributed by atoms with van der Waals surface area (Å²) in [7, 11) is 0. The number of hydrogen-bond donors (Lipinski definition) is 0. The Kier molecular flexibility index (Phi) is 21.9. The highest BCUT2D eigenvalue weighted by molar-refractivity contribution is 5.93. The maximum Gasteiger partial charge on any atom is 0.333 e. The smallest absolute Gasteiger partial charge is 0.333 e. The summed E-state index contributed by atoms with van der Waals surface area (Å²) in [4.78, 5) is 12.2. The van der Waals surface area contributed by atoms with Gasteiger partial charge in [-0.1, -0.05) is 157 Å². The number of hydrogen-bond acceptors (Lipinski definition) is 4. The highest BCUT2D eigenvalue weighted by atomic mass is 16.5. The van der Waals surface area contributed by atoms with Gasteiger partial charge < -0.3 is 14.2 Å². The standard InChI is InChI=1S/C46H64O4/c1-3-4-5-24-37-48-44-35-27-34-43-42(44)33-28-36-45(43)49-38-25-17-13-9-6-10-14-18-26-39-50-46(47)40(2)29-20-15-11-7-8-12-16-21-30-41-31-22-19-23-32-41/h11,15,19,21-23,27-28,30-36H,2-10,12-14,16-18,20,24-26,29,37-39H2,1H3/b15-11-,30-21+. The van der Waals surface area contributed by atoms with E-state index in [0.717, 1.165) is 80.4 Å². The lowest BCUT2D eigenvalue weighted by molar-refractivity contribution is -0.139. The molecular formula is C46H64O4. The van der Waals surface area contributed by atoms with Gasteiger partial charge >= 0.3 is 5.97 Å². The van der Waals surface area contributed by atoms with Gasteiger partial charge in [0.1, 0.15) is 11.5 Å². The Hall–Kier alpha value is -3.79. The monoisotopic (exact) mass is 680 g/mol. The predicted molar refractivity (Wildman–Crippen MR) is 213 cm³/mol. The van der Waals surface area contributed by atoms with Crippen LogP contribution in [-0.4, -0.2) is 25.8 Å². The van der Waals surface area contributed by atoms with E-state index in [-0.39, 0.29) is 5.97 Å². The molecule has 0 amide bonds. The summed E-state index contributed by atoms with van der Waals surface area (Å²) in [6, 6.07) is 23.0. The number of rotatable bonds is 29. The third-order valence-electron chi connectivity index (χ3n) is 9.05. The molecule has 0 spiro atoms. The molecule has 0 aromatic heterocycles. The second kappa shape index (κ2) is 27.0. The predicted octanol–water partition coefficient (Wildman–Crippen LogP) is 13.4. The lowest BCUT2D eigenvalue weighted by Gasteiger charge is -2.13. The lowest BCUT2D eigenvalue weighted by Crippen LogP contribution is -2.08. The Labute approximate surface area is 304 Å². The molecule has 3 aromatic carbocycles. The fourth-order valence-electron chi connectivity index (χ4n) is 6.01. The number of fused-ring (bicyclic) bond motifs is 1. The number of benzene rings is 3. The van der Waals surface area contributed by atoms with Crippen LogP contribution in [0.3, 0.4) is 0 Å². The van der Waals surface area contributed by atoms with Gasteiger partial charge in [-0.25, -0.2) is 4.79 Å². The van der Waals surface area contributed by atoms with Crippen LogP contribution in [-0.2, 0) is 9.53 Å². The molecule has 0 aliphatic heterocycles. The molecule has 4 nitrogen and oxygen atoms in total. The first-order valence-corrected chi connectivity index (χ1v) is 19.7. The number of unbranched alkanes of at least 4 members (excludes halogenated alkanes) is 14. The lowest BCUT2D eigenvalue weighted by atomic mass is 10.1. The van der Waals surface area contributed by atoms with Crippen molar-refractivity contribution in [2.75, 3.05) is 19.8 Å². The van der Waals surface area contributed by atoms with E-state index in [2.05, 4.69) is 98.5 Å². The maximum atomic E-state index is 12.2. The van der Waals surface area contributed by atoms with Crippen molar-refractivity contribution < 1.29 is 19.0 Å². The van der Waals surface area contributed by atoms with E-state index < -0.39 is 0 Å².